The second kappa shape index (κ2) is 7.84. The maximum atomic E-state index is 12.6. The summed E-state index contributed by atoms with van der Waals surface area (Å²) in [6.07, 6.45) is 0.0744. The Morgan fingerprint density at radius 2 is 1.93 bits per heavy atom. The molecule has 0 atom stereocenters. The summed E-state index contributed by atoms with van der Waals surface area (Å²) in [5.74, 6) is 0.192. The van der Waals surface area contributed by atoms with Crippen LogP contribution in [0.5, 0.6) is 0 Å². The zero-order valence-corrected chi connectivity index (χ0v) is 16.7. The number of thiazole rings is 1. The number of carbonyl (C=O) groups excluding carboxylic acids is 2. The molecule has 1 N–H and O–H groups in total. The number of carbonyl (C=O) groups is 2. The molecule has 0 bridgehead atoms. The van der Waals surface area contributed by atoms with Crippen molar-refractivity contribution < 1.29 is 14.3 Å². The number of nitrogens with zero attached hydrogens (tertiary/aromatic N) is 3. The van der Waals surface area contributed by atoms with Crippen LogP contribution in [0.15, 0.2) is 53.9 Å². The molecule has 0 aliphatic rings. The van der Waals surface area contributed by atoms with E-state index in [9.17, 15) is 9.59 Å². The Hall–Kier alpha value is -3.52. The second-order valence-electron chi connectivity index (χ2n) is 6.38. The van der Waals surface area contributed by atoms with E-state index in [4.69, 9.17) is 0 Å². The van der Waals surface area contributed by atoms with Crippen molar-refractivity contribution in [1.29, 1.82) is 0 Å². The SMILES string of the molecule is COC(=O)Cc1csc(NC(=O)c2ccc3c(c2)nc(C)n3-c2ccccc2)n1. The van der Waals surface area contributed by atoms with Crippen LogP contribution < -0.4 is 5.32 Å². The van der Waals surface area contributed by atoms with Crippen LogP contribution in [0.25, 0.3) is 16.7 Å². The number of nitrogens with one attached hydrogen (secondary N) is 1. The van der Waals surface area contributed by atoms with Gasteiger partial charge in [0.2, 0.25) is 0 Å². The molecule has 8 heteroatoms. The molecule has 0 fully saturated rings. The molecule has 0 saturated carbocycles. The van der Waals surface area contributed by atoms with Gasteiger partial charge in [-0.05, 0) is 37.3 Å². The van der Waals surface area contributed by atoms with Gasteiger partial charge in [0.15, 0.2) is 5.13 Å². The van der Waals surface area contributed by atoms with Crippen molar-refractivity contribution in [1.82, 2.24) is 14.5 Å². The molecule has 146 valence electrons. The largest absolute Gasteiger partial charge is 0.469 e. The predicted octanol–water partition coefficient (Wildman–Crippen LogP) is 3.76. The van der Waals surface area contributed by atoms with Crippen molar-refractivity contribution in [3.63, 3.8) is 0 Å². The summed E-state index contributed by atoms with van der Waals surface area (Å²) in [6, 6.07) is 15.4. The highest BCUT2D eigenvalue weighted by Gasteiger charge is 2.14. The first kappa shape index (κ1) is 18.8. The van der Waals surface area contributed by atoms with Gasteiger partial charge in [-0.15, -0.1) is 11.3 Å². The number of methoxy groups -OCH3 is 1. The van der Waals surface area contributed by atoms with Crippen LogP contribution >= 0.6 is 11.3 Å². The number of rotatable bonds is 5. The first-order valence-corrected chi connectivity index (χ1v) is 9.80. The number of hydrogen-bond acceptors (Lipinski definition) is 6. The van der Waals surface area contributed by atoms with Gasteiger partial charge in [-0.25, -0.2) is 9.97 Å². The van der Waals surface area contributed by atoms with Gasteiger partial charge in [-0.2, -0.15) is 0 Å². The molecule has 0 unspecified atom stereocenters. The van der Waals surface area contributed by atoms with E-state index in [1.165, 1.54) is 18.4 Å². The maximum Gasteiger partial charge on any atom is 0.311 e. The number of anilines is 1. The third-order valence-corrected chi connectivity index (χ3v) is 5.23. The van der Waals surface area contributed by atoms with Gasteiger partial charge in [0.05, 0.1) is 30.3 Å². The van der Waals surface area contributed by atoms with Crippen LogP contribution in [0.2, 0.25) is 0 Å². The first-order chi connectivity index (χ1) is 14.0. The topological polar surface area (TPSA) is 86.1 Å². The third kappa shape index (κ3) is 3.88. The minimum atomic E-state index is -0.372. The molecule has 29 heavy (non-hydrogen) atoms. The smallest absolute Gasteiger partial charge is 0.311 e. The van der Waals surface area contributed by atoms with Crippen molar-refractivity contribution >= 4 is 39.4 Å². The number of ether oxygens (including phenoxy) is 1. The van der Waals surface area contributed by atoms with Gasteiger partial charge in [0.1, 0.15) is 5.82 Å². The van der Waals surface area contributed by atoms with Crippen LogP contribution in [0, 0.1) is 6.92 Å². The Balaban J connectivity index is 1.57. The lowest BCUT2D eigenvalue weighted by atomic mass is 10.2. The summed E-state index contributed by atoms with van der Waals surface area (Å²) in [7, 11) is 1.33. The Morgan fingerprint density at radius 1 is 1.14 bits per heavy atom. The fourth-order valence-electron chi connectivity index (χ4n) is 3.08. The number of imidazole rings is 1. The van der Waals surface area contributed by atoms with Gasteiger partial charge in [-0.1, -0.05) is 18.2 Å². The normalized spacial score (nSPS) is 10.8. The number of amides is 1. The molecule has 0 aliphatic carbocycles. The molecular formula is C21H18N4O3S. The lowest BCUT2D eigenvalue weighted by molar-refractivity contribution is -0.139. The zero-order chi connectivity index (χ0) is 20.4. The Labute approximate surface area is 171 Å². The average Bonchev–Trinajstić information content (AvgIpc) is 3.30. The van der Waals surface area contributed by atoms with Crippen molar-refractivity contribution in [2.75, 3.05) is 12.4 Å². The molecule has 2 aromatic carbocycles. The molecular weight excluding hydrogens is 388 g/mol. The van der Waals surface area contributed by atoms with E-state index >= 15 is 0 Å². The fourth-order valence-corrected chi connectivity index (χ4v) is 3.79. The number of benzene rings is 2. The van der Waals surface area contributed by atoms with E-state index in [2.05, 4.69) is 24.6 Å². The summed E-state index contributed by atoms with van der Waals surface area (Å²) in [6.45, 7) is 1.94. The fraction of sp³-hybridized carbons (Fsp3) is 0.143. The molecule has 0 spiro atoms. The summed E-state index contributed by atoms with van der Waals surface area (Å²) in [4.78, 5) is 32.8. The number of fused-ring (bicyclic) bond motifs is 1. The standard InChI is InChI=1S/C21H18N4O3S/c1-13-22-17-10-14(8-9-18(17)25(13)16-6-4-3-5-7-16)20(27)24-21-23-15(12-29-21)11-19(26)28-2/h3-10,12H,11H2,1-2H3,(H,23,24,27). The molecule has 4 aromatic rings. The van der Waals surface area contributed by atoms with Gasteiger partial charge in [-0.3, -0.25) is 19.5 Å². The summed E-state index contributed by atoms with van der Waals surface area (Å²) < 4.78 is 6.68. The van der Waals surface area contributed by atoms with Crippen LogP contribution in [-0.4, -0.2) is 33.5 Å². The minimum absolute atomic E-state index is 0.0744. The van der Waals surface area contributed by atoms with E-state index in [0.717, 1.165) is 22.5 Å². The van der Waals surface area contributed by atoms with Crippen molar-refractivity contribution in [2.45, 2.75) is 13.3 Å². The first-order valence-electron chi connectivity index (χ1n) is 8.92. The summed E-state index contributed by atoms with van der Waals surface area (Å²) >= 11 is 1.26. The average molecular weight is 406 g/mol. The Morgan fingerprint density at radius 3 is 2.69 bits per heavy atom. The van der Waals surface area contributed by atoms with Gasteiger partial charge >= 0.3 is 5.97 Å². The van der Waals surface area contributed by atoms with Crippen LogP contribution in [0.4, 0.5) is 5.13 Å². The number of aryl methyl sites for hydroxylation is 1. The quantitative estimate of drug-likeness (QED) is 0.510. The molecule has 7 nitrogen and oxygen atoms in total. The van der Waals surface area contributed by atoms with Gasteiger partial charge in [0.25, 0.3) is 5.91 Å². The predicted molar refractivity (Wildman–Crippen MR) is 112 cm³/mol. The Kier molecular flexibility index (Phi) is 5.09. The van der Waals surface area contributed by atoms with Crippen LogP contribution in [-0.2, 0) is 16.0 Å². The van der Waals surface area contributed by atoms with Crippen molar-refractivity contribution in [2.24, 2.45) is 0 Å². The lowest BCUT2D eigenvalue weighted by Crippen LogP contribution is -2.12. The number of para-hydroxylation sites is 1. The highest BCUT2D eigenvalue weighted by Crippen LogP contribution is 2.23. The summed E-state index contributed by atoms with van der Waals surface area (Å²) in [5.41, 5.74) is 3.74. The second-order valence-corrected chi connectivity index (χ2v) is 7.24. The highest BCUT2D eigenvalue weighted by molar-refractivity contribution is 7.14. The van der Waals surface area contributed by atoms with Gasteiger partial charge < -0.3 is 4.74 Å². The third-order valence-electron chi connectivity index (χ3n) is 4.42. The van der Waals surface area contributed by atoms with E-state index in [1.807, 2.05) is 43.3 Å². The van der Waals surface area contributed by atoms with Crippen LogP contribution in [0.3, 0.4) is 0 Å². The molecule has 2 heterocycles. The molecule has 0 radical (unpaired) electrons. The van der Waals surface area contributed by atoms with E-state index < -0.39 is 0 Å². The monoisotopic (exact) mass is 406 g/mol. The van der Waals surface area contributed by atoms with Crippen molar-refractivity contribution in [3.05, 3.63) is 71.0 Å². The van der Waals surface area contributed by atoms with E-state index in [0.29, 0.717) is 16.4 Å². The number of esters is 1. The molecule has 2 aromatic heterocycles. The number of aromatic nitrogens is 3. The van der Waals surface area contributed by atoms with E-state index in [-0.39, 0.29) is 18.3 Å². The minimum Gasteiger partial charge on any atom is -0.469 e. The zero-order valence-electron chi connectivity index (χ0n) is 15.9. The summed E-state index contributed by atoms with van der Waals surface area (Å²) in [5, 5.41) is 4.92. The maximum absolute atomic E-state index is 12.6. The number of hydrogen-bond donors (Lipinski definition) is 1. The van der Waals surface area contributed by atoms with Crippen molar-refractivity contribution in [3.8, 4) is 5.69 Å². The molecule has 1 amide bonds. The Bertz CT molecular complexity index is 1200. The van der Waals surface area contributed by atoms with E-state index in [1.54, 1.807) is 17.5 Å². The molecule has 0 aliphatic heterocycles. The van der Waals surface area contributed by atoms with Gasteiger partial charge in [0, 0.05) is 16.6 Å². The molecule has 0 saturated heterocycles. The highest BCUT2D eigenvalue weighted by atomic mass is 32.1. The van der Waals surface area contributed by atoms with Crippen LogP contribution in [0.1, 0.15) is 21.9 Å². The lowest BCUT2D eigenvalue weighted by Gasteiger charge is -2.07. The molecule has 4 rings (SSSR count).